The molecule has 4 nitrogen and oxygen atoms in total. The molecule has 2 fully saturated rings. The minimum atomic E-state index is -0.186. The van der Waals surface area contributed by atoms with Gasteiger partial charge in [-0.15, -0.1) is 0 Å². The average molecular weight is 329 g/mol. The molecule has 1 amide bonds. The zero-order chi connectivity index (χ0) is 16.5. The lowest BCUT2D eigenvalue weighted by atomic mass is 9.99. The summed E-state index contributed by atoms with van der Waals surface area (Å²) in [6.45, 7) is 5.70. The molecule has 0 saturated carbocycles. The molecule has 0 bridgehead atoms. The number of likely N-dealkylation sites (tertiary alicyclic amines) is 1. The van der Waals surface area contributed by atoms with Gasteiger partial charge in [-0.2, -0.15) is 0 Å². The van der Waals surface area contributed by atoms with Crippen molar-refractivity contribution in [1.29, 1.82) is 0 Å². The molecular formula is C19H24FN3O. The molecule has 2 saturated heterocycles. The van der Waals surface area contributed by atoms with E-state index in [1.807, 2.05) is 17.0 Å². The van der Waals surface area contributed by atoms with Crippen molar-refractivity contribution >= 4 is 11.6 Å². The van der Waals surface area contributed by atoms with Crippen molar-refractivity contribution in [2.75, 3.05) is 44.2 Å². The van der Waals surface area contributed by atoms with Gasteiger partial charge < -0.3 is 9.80 Å². The van der Waals surface area contributed by atoms with Crippen LogP contribution in [0.5, 0.6) is 0 Å². The van der Waals surface area contributed by atoms with Crippen LogP contribution in [-0.4, -0.2) is 61.0 Å². The largest absolute Gasteiger partial charge is 0.369 e. The van der Waals surface area contributed by atoms with Gasteiger partial charge in [0.2, 0.25) is 5.91 Å². The van der Waals surface area contributed by atoms with E-state index >= 15 is 0 Å². The van der Waals surface area contributed by atoms with E-state index in [2.05, 4.69) is 22.0 Å². The molecule has 0 N–H and O–H groups in total. The molecular weight excluding hydrogens is 305 g/mol. The Morgan fingerprint density at radius 2 is 1.58 bits per heavy atom. The van der Waals surface area contributed by atoms with Gasteiger partial charge in [0.15, 0.2) is 0 Å². The first-order chi connectivity index (χ1) is 11.7. The fourth-order valence-corrected chi connectivity index (χ4v) is 3.94. The van der Waals surface area contributed by atoms with Gasteiger partial charge in [-0.1, -0.05) is 12.2 Å². The molecule has 1 aliphatic carbocycles. The third-order valence-electron chi connectivity index (χ3n) is 5.55. The first kappa shape index (κ1) is 15.6. The molecule has 4 rings (SSSR count). The van der Waals surface area contributed by atoms with Crippen molar-refractivity contribution in [3.63, 3.8) is 0 Å². The Morgan fingerprint density at radius 3 is 2.21 bits per heavy atom. The van der Waals surface area contributed by atoms with Crippen molar-refractivity contribution < 1.29 is 9.18 Å². The number of hydrogen-bond acceptors (Lipinski definition) is 3. The topological polar surface area (TPSA) is 26.8 Å². The fourth-order valence-electron chi connectivity index (χ4n) is 3.94. The summed E-state index contributed by atoms with van der Waals surface area (Å²) in [6.07, 6.45) is 6.07. The van der Waals surface area contributed by atoms with Crippen molar-refractivity contribution in [3.05, 3.63) is 42.2 Å². The molecule has 0 unspecified atom stereocenters. The van der Waals surface area contributed by atoms with Gasteiger partial charge in [0, 0.05) is 56.9 Å². The summed E-state index contributed by atoms with van der Waals surface area (Å²) in [7, 11) is 0. The van der Waals surface area contributed by atoms with Gasteiger partial charge in [0.05, 0.1) is 0 Å². The van der Waals surface area contributed by atoms with E-state index in [1.54, 1.807) is 0 Å². The molecule has 0 radical (unpaired) electrons. The Hall–Kier alpha value is -1.88. The lowest BCUT2D eigenvalue weighted by molar-refractivity contribution is -0.142. The second-order valence-electron chi connectivity index (χ2n) is 7.04. The number of halogens is 1. The number of allylic oxidation sites excluding steroid dienone is 2. The molecule has 128 valence electrons. The predicted octanol–water partition coefficient (Wildman–Crippen LogP) is 2.12. The van der Waals surface area contributed by atoms with E-state index in [4.69, 9.17) is 0 Å². The fraction of sp³-hybridized carbons (Fsp3) is 0.526. The molecule has 0 spiro atoms. The minimum Gasteiger partial charge on any atom is -0.369 e. The van der Waals surface area contributed by atoms with Crippen LogP contribution in [0.25, 0.3) is 0 Å². The normalized spacial score (nSPS) is 22.9. The van der Waals surface area contributed by atoms with Crippen LogP contribution >= 0.6 is 0 Å². The van der Waals surface area contributed by atoms with Crippen LogP contribution < -0.4 is 4.90 Å². The van der Waals surface area contributed by atoms with Crippen molar-refractivity contribution in [2.24, 2.45) is 5.92 Å². The Labute approximate surface area is 142 Å². The van der Waals surface area contributed by atoms with E-state index in [0.717, 1.165) is 57.8 Å². The Balaban J connectivity index is 1.24. The summed E-state index contributed by atoms with van der Waals surface area (Å²) >= 11 is 0. The summed E-state index contributed by atoms with van der Waals surface area (Å²) in [5.74, 6) is 0.344. The number of benzene rings is 1. The molecule has 1 aromatic rings. The number of hydrogen-bond donors (Lipinski definition) is 0. The smallest absolute Gasteiger partial charge is 0.226 e. The second-order valence-corrected chi connectivity index (χ2v) is 7.04. The minimum absolute atomic E-state index is 0.186. The van der Waals surface area contributed by atoms with Crippen molar-refractivity contribution in [2.45, 2.75) is 18.9 Å². The zero-order valence-corrected chi connectivity index (χ0v) is 13.9. The Bertz CT molecular complexity index is 608. The van der Waals surface area contributed by atoms with Gasteiger partial charge in [0.1, 0.15) is 5.82 Å². The van der Waals surface area contributed by atoms with Crippen LogP contribution in [0.2, 0.25) is 0 Å². The van der Waals surface area contributed by atoms with Crippen LogP contribution in [0, 0.1) is 11.7 Å². The maximum Gasteiger partial charge on any atom is 0.226 e. The van der Waals surface area contributed by atoms with Crippen LogP contribution in [0.4, 0.5) is 10.1 Å². The average Bonchev–Trinajstić information content (AvgIpc) is 3.09. The van der Waals surface area contributed by atoms with Gasteiger partial charge in [-0.05, 0) is 37.1 Å². The predicted molar refractivity (Wildman–Crippen MR) is 92.4 cm³/mol. The van der Waals surface area contributed by atoms with Gasteiger partial charge in [-0.25, -0.2) is 4.39 Å². The zero-order valence-electron chi connectivity index (χ0n) is 13.9. The van der Waals surface area contributed by atoms with E-state index < -0.39 is 0 Å². The van der Waals surface area contributed by atoms with E-state index in [1.165, 1.54) is 12.1 Å². The number of anilines is 1. The maximum atomic E-state index is 13.0. The third kappa shape index (κ3) is 3.05. The lowest BCUT2D eigenvalue weighted by Crippen LogP contribution is -2.64. The maximum absolute atomic E-state index is 13.0. The molecule has 1 aromatic carbocycles. The summed E-state index contributed by atoms with van der Waals surface area (Å²) in [5.41, 5.74) is 1.09. The first-order valence-electron chi connectivity index (χ1n) is 8.89. The van der Waals surface area contributed by atoms with E-state index in [0.29, 0.717) is 11.9 Å². The second kappa shape index (κ2) is 6.55. The number of carbonyl (C=O) groups excluding carboxylic acids is 1. The van der Waals surface area contributed by atoms with Gasteiger partial charge in [0.25, 0.3) is 0 Å². The van der Waals surface area contributed by atoms with E-state index in [-0.39, 0.29) is 11.7 Å². The monoisotopic (exact) mass is 329 g/mol. The number of carbonyl (C=O) groups is 1. The van der Waals surface area contributed by atoms with Crippen molar-refractivity contribution in [3.8, 4) is 0 Å². The van der Waals surface area contributed by atoms with Crippen LogP contribution in [-0.2, 0) is 4.79 Å². The summed E-state index contributed by atoms with van der Waals surface area (Å²) in [4.78, 5) is 19.2. The van der Waals surface area contributed by atoms with Gasteiger partial charge in [-0.3, -0.25) is 9.69 Å². The highest BCUT2D eigenvalue weighted by molar-refractivity contribution is 5.80. The van der Waals surface area contributed by atoms with Crippen LogP contribution in [0.15, 0.2) is 36.4 Å². The number of rotatable bonds is 3. The highest BCUT2D eigenvalue weighted by Gasteiger charge is 2.38. The number of nitrogens with zero attached hydrogens (tertiary/aromatic N) is 3. The molecule has 0 aromatic heterocycles. The molecule has 2 heterocycles. The molecule has 5 heteroatoms. The highest BCUT2D eigenvalue weighted by Crippen LogP contribution is 2.26. The van der Waals surface area contributed by atoms with Crippen LogP contribution in [0.1, 0.15) is 12.8 Å². The van der Waals surface area contributed by atoms with Gasteiger partial charge >= 0.3 is 0 Å². The molecule has 2 aliphatic heterocycles. The number of piperazine rings is 1. The Morgan fingerprint density at radius 1 is 0.958 bits per heavy atom. The van der Waals surface area contributed by atoms with E-state index in [9.17, 15) is 9.18 Å². The summed E-state index contributed by atoms with van der Waals surface area (Å²) in [5, 5.41) is 0. The summed E-state index contributed by atoms with van der Waals surface area (Å²) in [6, 6.07) is 7.26. The van der Waals surface area contributed by atoms with Crippen LogP contribution in [0.3, 0.4) is 0 Å². The highest BCUT2D eigenvalue weighted by atomic mass is 19.1. The van der Waals surface area contributed by atoms with Crippen molar-refractivity contribution in [1.82, 2.24) is 9.80 Å². The SMILES string of the molecule is O=C(C1CC=CC1)N1CC(N2CCN(c3ccc(F)cc3)CC2)C1. The first-order valence-corrected chi connectivity index (χ1v) is 8.89. The Kier molecular flexibility index (Phi) is 4.27. The molecule has 0 atom stereocenters. The molecule has 3 aliphatic rings. The quantitative estimate of drug-likeness (QED) is 0.795. The third-order valence-corrected chi connectivity index (χ3v) is 5.55. The lowest BCUT2D eigenvalue weighted by Gasteiger charge is -2.49. The summed E-state index contributed by atoms with van der Waals surface area (Å²) < 4.78 is 13.0. The number of amides is 1. The molecule has 24 heavy (non-hydrogen) atoms. The standard InChI is InChI=1S/C19H24FN3O/c20-16-5-7-17(8-6-16)21-9-11-22(12-10-21)18-13-23(14-18)19(24)15-3-1-2-4-15/h1-2,5-8,15,18H,3-4,9-14H2.